The van der Waals surface area contributed by atoms with E-state index in [4.69, 9.17) is 9.72 Å². The zero-order valence-corrected chi connectivity index (χ0v) is 16.7. The molecule has 3 rings (SSSR count). The summed E-state index contributed by atoms with van der Waals surface area (Å²) in [6.07, 6.45) is 0.671. The number of halogens is 1. The average Bonchev–Trinajstić information content (AvgIpc) is 2.88. The molecule has 0 aliphatic rings. The van der Waals surface area contributed by atoms with E-state index in [1.807, 2.05) is 26.1 Å². The fourth-order valence-electron chi connectivity index (χ4n) is 3.27. The summed E-state index contributed by atoms with van der Waals surface area (Å²) in [6.45, 7) is 6.10. The molecular formula is C20H21BrN2O2. The summed E-state index contributed by atoms with van der Waals surface area (Å²) < 4.78 is 8.07. The Hall–Kier alpha value is -2.14. The summed E-state index contributed by atoms with van der Waals surface area (Å²) in [5.74, 6) is 0.674. The van der Waals surface area contributed by atoms with Gasteiger partial charge in [-0.25, -0.2) is 9.78 Å². The fourth-order valence-corrected chi connectivity index (χ4v) is 3.83. The number of hydrogen-bond acceptors (Lipinski definition) is 3. The first kappa shape index (κ1) is 17.7. The van der Waals surface area contributed by atoms with Crippen LogP contribution in [0.4, 0.5) is 0 Å². The number of benzene rings is 2. The quantitative estimate of drug-likeness (QED) is 0.601. The van der Waals surface area contributed by atoms with Gasteiger partial charge in [0.2, 0.25) is 0 Å². The first-order chi connectivity index (χ1) is 11.8. The Morgan fingerprint density at radius 1 is 1.20 bits per heavy atom. The molecule has 25 heavy (non-hydrogen) atoms. The van der Waals surface area contributed by atoms with Crippen molar-refractivity contribution in [2.45, 2.75) is 27.2 Å². The molecule has 0 amide bonds. The molecule has 1 aromatic heterocycles. The highest BCUT2D eigenvalue weighted by Gasteiger charge is 2.17. The smallest absolute Gasteiger partial charge is 0.338 e. The molecule has 0 bridgehead atoms. The summed E-state index contributed by atoms with van der Waals surface area (Å²) in [4.78, 5) is 16.8. The molecule has 0 fully saturated rings. The topological polar surface area (TPSA) is 44.1 Å². The molecule has 2 aromatic carbocycles. The zero-order chi connectivity index (χ0) is 18.3. The number of esters is 1. The van der Waals surface area contributed by atoms with Gasteiger partial charge < -0.3 is 9.30 Å². The number of aromatic nitrogens is 2. The van der Waals surface area contributed by atoms with Gasteiger partial charge in [-0.3, -0.25) is 0 Å². The maximum Gasteiger partial charge on any atom is 0.338 e. The monoisotopic (exact) mass is 400 g/mol. The number of hydrogen-bond donors (Lipinski definition) is 0. The van der Waals surface area contributed by atoms with Crippen molar-refractivity contribution in [1.29, 1.82) is 0 Å². The molecule has 130 valence electrons. The number of imidazole rings is 1. The molecule has 5 heteroatoms. The van der Waals surface area contributed by atoms with Crippen LogP contribution in [-0.2, 0) is 18.2 Å². The lowest BCUT2D eigenvalue weighted by Crippen LogP contribution is -2.09. The van der Waals surface area contributed by atoms with E-state index in [1.165, 1.54) is 7.11 Å². The second kappa shape index (κ2) is 6.64. The third-order valence-corrected chi connectivity index (χ3v) is 5.27. The molecule has 0 atom stereocenters. The van der Waals surface area contributed by atoms with Crippen molar-refractivity contribution in [3.05, 3.63) is 62.4 Å². The summed E-state index contributed by atoms with van der Waals surface area (Å²) in [5.41, 5.74) is 7.09. The lowest BCUT2D eigenvalue weighted by molar-refractivity contribution is 0.0600. The summed E-state index contributed by atoms with van der Waals surface area (Å²) >= 11 is 3.56. The number of rotatable bonds is 3. The second-order valence-electron chi connectivity index (χ2n) is 6.38. The first-order valence-corrected chi connectivity index (χ1v) is 8.91. The Balaban J connectivity index is 2.12. The van der Waals surface area contributed by atoms with Gasteiger partial charge in [-0.05, 0) is 61.2 Å². The first-order valence-electron chi connectivity index (χ1n) is 8.12. The lowest BCUT2D eigenvalue weighted by Gasteiger charge is -2.13. The number of ether oxygens (including phenoxy) is 1. The Morgan fingerprint density at radius 3 is 2.60 bits per heavy atom. The van der Waals surface area contributed by atoms with Crippen LogP contribution in [0, 0.1) is 20.8 Å². The van der Waals surface area contributed by atoms with E-state index >= 15 is 0 Å². The van der Waals surface area contributed by atoms with E-state index in [2.05, 4.69) is 46.5 Å². The number of fused-ring (bicyclic) bond motifs is 1. The molecule has 3 aromatic rings. The minimum Gasteiger partial charge on any atom is -0.465 e. The van der Waals surface area contributed by atoms with Crippen molar-refractivity contribution >= 4 is 32.9 Å². The number of carbonyl (C=O) groups is 1. The van der Waals surface area contributed by atoms with Crippen molar-refractivity contribution in [1.82, 2.24) is 9.55 Å². The number of methoxy groups -OCH3 is 1. The third kappa shape index (κ3) is 3.09. The Labute approximate surface area is 156 Å². The van der Waals surface area contributed by atoms with Crippen molar-refractivity contribution in [2.75, 3.05) is 7.11 Å². The van der Waals surface area contributed by atoms with Gasteiger partial charge in [0.05, 0.1) is 23.7 Å². The van der Waals surface area contributed by atoms with E-state index in [9.17, 15) is 4.79 Å². The van der Waals surface area contributed by atoms with Gasteiger partial charge in [-0.1, -0.05) is 22.0 Å². The van der Waals surface area contributed by atoms with Crippen LogP contribution >= 0.6 is 15.9 Å². The van der Waals surface area contributed by atoms with E-state index in [-0.39, 0.29) is 5.97 Å². The van der Waals surface area contributed by atoms with Gasteiger partial charge in [0.15, 0.2) is 0 Å². The summed E-state index contributed by atoms with van der Waals surface area (Å²) in [7, 11) is 3.44. The van der Waals surface area contributed by atoms with Crippen LogP contribution in [0.25, 0.3) is 11.0 Å². The van der Waals surface area contributed by atoms with Crippen molar-refractivity contribution in [3.63, 3.8) is 0 Å². The molecule has 1 heterocycles. The molecule has 0 radical (unpaired) electrons. The number of nitrogens with zero attached hydrogens (tertiary/aromatic N) is 2. The normalized spacial score (nSPS) is 11.1. The van der Waals surface area contributed by atoms with Crippen LogP contribution < -0.4 is 0 Å². The molecule has 0 spiro atoms. The van der Waals surface area contributed by atoms with Gasteiger partial charge in [0.25, 0.3) is 0 Å². The maximum atomic E-state index is 12.0. The predicted octanol–water partition coefficient (Wildman–Crippen LogP) is 4.64. The van der Waals surface area contributed by atoms with Crippen LogP contribution in [0.15, 0.2) is 28.7 Å². The van der Waals surface area contributed by atoms with E-state index in [0.717, 1.165) is 43.6 Å². The second-order valence-corrected chi connectivity index (χ2v) is 7.30. The SMILES string of the molecule is COC(=O)c1ccc(C)c(Cc2nc3c(C)cc(Br)cc3n2C)c1C. The molecule has 0 saturated carbocycles. The van der Waals surface area contributed by atoms with Crippen LogP contribution in [0.3, 0.4) is 0 Å². The van der Waals surface area contributed by atoms with Crippen LogP contribution in [0.1, 0.15) is 38.4 Å². The fraction of sp³-hybridized carbons (Fsp3) is 0.300. The maximum absolute atomic E-state index is 12.0. The van der Waals surface area contributed by atoms with Gasteiger partial charge in [-0.2, -0.15) is 0 Å². The van der Waals surface area contributed by atoms with E-state index in [0.29, 0.717) is 12.0 Å². The van der Waals surface area contributed by atoms with Crippen LogP contribution in [-0.4, -0.2) is 22.6 Å². The molecule has 0 saturated heterocycles. The van der Waals surface area contributed by atoms with E-state index in [1.54, 1.807) is 0 Å². The third-order valence-electron chi connectivity index (χ3n) is 4.81. The Kier molecular flexibility index (Phi) is 4.69. The Morgan fingerprint density at radius 2 is 1.92 bits per heavy atom. The molecule has 0 unspecified atom stereocenters. The number of aryl methyl sites for hydroxylation is 3. The predicted molar refractivity (Wildman–Crippen MR) is 103 cm³/mol. The molecule has 4 nitrogen and oxygen atoms in total. The summed E-state index contributed by atoms with van der Waals surface area (Å²) in [6, 6.07) is 7.96. The van der Waals surface area contributed by atoms with Crippen molar-refractivity contribution < 1.29 is 9.53 Å². The lowest BCUT2D eigenvalue weighted by atomic mass is 9.95. The standard InChI is InChI=1S/C20H21BrN2O2/c1-11-6-7-15(20(24)25-5)13(3)16(11)10-18-22-19-12(2)8-14(21)9-17(19)23(18)4/h6-9H,10H2,1-5H3. The highest BCUT2D eigenvalue weighted by atomic mass is 79.9. The van der Waals surface area contributed by atoms with Crippen LogP contribution in [0.5, 0.6) is 0 Å². The molecular weight excluding hydrogens is 380 g/mol. The minimum atomic E-state index is -0.302. The highest BCUT2D eigenvalue weighted by molar-refractivity contribution is 9.10. The van der Waals surface area contributed by atoms with Gasteiger partial charge >= 0.3 is 5.97 Å². The largest absolute Gasteiger partial charge is 0.465 e. The van der Waals surface area contributed by atoms with Crippen molar-refractivity contribution in [2.24, 2.45) is 7.05 Å². The van der Waals surface area contributed by atoms with Gasteiger partial charge in [0, 0.05) is 17.9 Å². The minimum absolute atomic E-state index is 0.302. The highest BCUT2D eigenvalue weighted by Crippen LogP contribution is 2.27. The number of carbonyl (C=O) groups excluding carboxylic acids is 1. The van der Waals surface area contributed by atoms with Gasteiger partial charge in [0.1, 0.15) is 5.82 Å². The zero-order valence-electron chi connectivity index (χ0n) is 15.1. The van der Waals surface area contributed by atoms with E-state index < -0.39 is 0 Å². The average molecular weight is 401 g/mol. The Bertz CT molecular complexity index is 989. The molecule has 0 N–H and O–H groups in total. The van der Waals surface area contributed by atoms with Crippen molar-refractivity contribution in [3.8, 4) is 0 Å². The van der Waals surface area contributed by atoms with Crippen LogP contribution in [0.2, 0.25) is 0 Å². The molecule has 0 aliphatic heterocycles. The molecule has 0 aliphatic carbocycles. The van der Waals surface area contributed by atoms with Gasteiger partial charge in [-0.15, -0.1) is 0 Å². The summed E-state index contributed by atoms with van der Waals surface area (Å²) in [5, 5.41) is 0.